The number of methoxy groups -OCH3 is 2. The first kappa shape index (κ1) is 30.0. The molecule has 0 N–H and O–H groups in total. The van der Waals surface area contributed by atoms with Crippen molar-refractivity contribution < 1.29 is 33.4 Å². The lowest BCUT2D eigenvalue weighted by atomic mass is 10.1. The zero-order valence-electron chi connectivity index (χ0n) is 23.6. The normalized spacial score (nSPS) is 12.3. The maximum atomic E-state index is 12.7. The number of thiazole rings is 2. The Morgan fingerprint density at radius 1 is 0.683 bits per heavy atom. The number of benzene rings is 2. The van der Waals surface area contributed by atoms with Crippen LogP contribution >= 0.6 is 22.7 Å². The molecule has 0 aliphatic carbocycles. The fraction of sp³-hybridized carbons (Fsp3) is 0.357. The number of ether oxygens (including phenoxy) is 3. The van der Waals surface area contributed by atoms with Crippen LogP contribution in [0.1, 0.15) is 22.3 Å². The van der Waals surface area contributed by atoms with E-state index in [9.17, 15) is 19.2 Å². The highest BCUT2D eigenvalue weighted by Gasteiger charge is 2.16. The van der Waals surface area contributed by atoms with Crippen LogP contribution in [-0.4, -0.2) is 60.3 Å². The van der Waals surface area contributed by atoms with Crippen LogP contribution in [0.5, 0.6) is 0 Å². The first-order chi connectivity index (χ1) is 19.5. The molecule has 2 heterocycles. The minimum atomic E-state index is -0.619. The van der Waals surface area contributed by atoms with Gasteiger partial charge in [0.15, 0.2) is 9.60 Å². The molecule has 2 amide bonds. The highest BCUT2D eigenvalue weighted by atomic mass is 32.1. The summed E-state index contributed by atoms with van der Waals surface area (Å²) in [6.45, 7) is 6.65. The van der Waals surface area contributed by atoms with Crippen molar-refractivity contribution in [3.8, 4) is 0 Å². The lowest BCUT2D eigenvalue weighted by Gasteiger charge is -2.07. The summed E-state index contributed by atoms with van der Waals surface area (Å²) in [4.78, 5) is 58.4. The van der Waals surface area contributed by atoms with Gasteiger partial charge in [0.2, 0.25) is 0 Å². The standard InChI is InChI=1S/C28H30N4O7S2/c1-15-7-17(3)25-19(9-15)40-27(31(25)11-23(35)37-5)29-21(33)13-39-14-22(34)30-28-32(12-24(36)38-6)26-18(4)8-16(2)10-20(26)41-28/h7-10H,11-14H2,1-6H3. The molecule has 11 nitrogen and oxygen atoms in total. The molecule has 0 bridgehead atoms. The average molecular weight is 599 g/mol. The lowest BCUT2D eigenvalue weighted by molar-refractivity contribution is -0.142. The Labute approximate surface area is 243 Å². The topological polar surface area (TPSA) is 131 Å². The zero-order valence-corrected chi connectivity index (χ0v) is 25.2. The molecule has 216 valence electrons. The van der Waals surface area contributed by atoms with Crippen LogP contribution in [0.3, 0.4) is 0 Å². The van der Waals surface area contributed by atoms with Gasteiger partial charge < -0.3 is 23.3 Å². The van der Waals surface area contributed by atoms with Gasteiger partial charge in [-0.05, 0) is 62.1 Å². The van der Waals surface area contributed by atoms with Crippen LogP contribution < -0.4 is 9.60 Å². The maximum Gasteiger partial charge on any atom is 0.325 e. The largest absolute Gasteiger partial charge is 0.468 e. The summed E-state index contributed by atoms with van der Waals surface area (Å²) in [6.07, 6.45) is 0. The summed E-state index contributed by atoms with van der Waals surface area (Å²) in [6, 6.07) is 7.90. The first-order valence-corrected chi connectivity index (χ1v) is 14.2. The summed E-state index contributed by atoms with van der Waals surface area (Å²) in [5, 5.41) is 0. The van der Waals surface area contributed by atoms with E-state index < -0.39 is 37.0 Å². The molecular formula is C28H30N4O7S2. The second kappa shape index (κ2) is 12.7. The summed E-state index contributed by atoms with van der Waals surface area (Å²) >= 11 is 2.55. The minimum Gasteiger partial charge on any atom is -0.468 e. The van der Waals surface area contributed by atoms with Gasteiger partial charge in [-0.15, -0.1) is 0 Å². The molecule has 0 saturated heterocycles. The molecule has 2 aromatic heterocycles. The Morgan fingerprint density at radius 3 is 1.44 bits per heavy atom. The van der Waals surface area contributed by atoms with Crippen molar-refractivity contribution in [2.75, 3.05) is 27.4 Å². The molecule has 0 radical (unpaired) electrons. The molecule has 0 spiro atoms. The van der Waals surface area contributed by atoms with Gasteiger partial charge in [0, 0.05) is 0 Å². The monoisotopic (exact) mass is 598 g/mol. The number of fused-ring (bicyclic) bond motifs is 2. The summed E-state index contributed by atoms with van der Waals surface area (Å²) in [5.74, 6) is -2.19. The van der Waals surface area contributed by atoms with Crippen LogP contribution in [0.15, 0.2) is 34.3 Å². The van der Waals surface area contributed by atoms with Gasteiger partial charge in [0.05, 0.1) is 34.7 Å². The van der Waals surface area contributed by atoms with E-state index in [0.717, 1.165) is 42.7 Å². The molecule has 0 fully saturated rings. The van der Waals surface area contributed by atoms with Crippen molar-refractivity contribution in [1.29, 1.82) is 0 Å². The maximum absolute atomic E-state index is 12.7. The molecule has 4 rings (SSSR count). The van der Waals surface area contributed by atoms with Gasteiger partial charge in [-0.25, -0.2) is 0 Å². The first-order valence-electron chi connectivity index (χ1n) is 12.6. The summed E-state index contributed by atoms with van der Waals surface area (Å²) in [5.41, 5.74) is 5.55. The van der Waals surface area contributed by atoms with Crippen molar-refractivity contribution in [1.82, 2.24) is 9.13 Å². The van der Waals surface area contributed by atoms with E-state index in [-0.39, 0.29) is 13.1 Å². The highest BCUT2D eigenvalue weighted by Crippen LogP contribution is 2.24. The van der Waals surface area contributed by atoms with Gasteiger partial charge in [-0.2, -0.15) is 9.98 Å². The molecule has 0 unspecified atom stereocenters. The highest BCUT2D eigenvalue weighted by molar-refractivity contribution is 7.16. The third-order valence-electron chi connectivity index (χ3n) is 6.15. The quantitative estimate of drug-likeness (QED) is 0.285. The van der Waals surface area contributed by atoms with Crippen LogP contribution in [0.4, 0.5) is 0 Å². The molecule has 0 atom stereocenters. The van der Waals surface area contributed by atoms with Gasteiger partial charge in [0.1, 0.15) is 26.3 Å². The SMILES string of the molecule is COC(=O)Cn1c(=NC(=O)COCC(=O)N=c2sc3cc(C)cc(C)c3n2CC(=O)OC)sc2cc(C)cc(C)c21. The Bertz CT molecular complexity index is 1690. The van der Waals surface area contributed by atoms with E-state index >= 15 is 0 Å². The number of carbonyl (C=O) groups excluding carboxylic acids is 4. The summed E-state index contributed by atoms with van der Waals surface area (Å²) in [7, 11) is 2.59. The van der Waals surface area contributed by atoms with Crippen LogP contribution in [0.25, 0.3) is 20.4 Å². The van der Waals surface area contributed by atoms with Crippen LogP contribution in [0, 0.1) is 27.7 Å². The van der Waals surface area contributed by atoms with Gasteiger partial charge in [0.25, 0.3) is 11.8 Å². The molecule has 0 aliphatic heterocycles. The minimum absolute atomic E-state index is 0.107. The number of carbonyl (C=O) groups is 4. The Balaban J connectivity index is 1.55. The van der Waals surface area contributed by atoms with E-state index in [2.05, 4.69) is 9.98 Å². The van der Waals surface area contributed by atoms with Gasteiger partial charge in [-0.3, -0.25) is 19.2 Å². The molecule has 0 aliphatic rings. The van der Waals surface area contributed by atoms with Crippen molar-refractivity contribution in [3.05, 3.63) is 56.1 Å². The second-order valence-electron chi connectivity index (χ2n) is 9.45. The van der Waals surface area contributed by atoms with E-state index in [4.69, 9.17) is 14.2 Å². The molecule has 4 aromatic rings. The van der Waals surface area contributed by atoms with Gasteiger partial charge >= 0.3 is 11.9 Å². The van der Waals surface area contributed by atoms with Crippen LogP contribution in [-0.2, 0) is 46.5 Å². The molecular weight excluding hydrogens is 568 g/mol. The number of hydrogen-bond acceptors (Lipinski definition) is 9. The number of nitrogens with zero attached hydrogens (tertiary/aromatic N) is 4. The fourth-order valence-electron chi connectivity index (χ4n) is 4.54. The van der Waals surface area contributed by atoms with E-state index in [0.29, 0.717) is 9.60 Å². The van der Waals surface area contributed by atoms with Crippen molar-refractivity contribution in [2.45, 2.75) is 40.8 Å². The second-order valence-corrected chi connectivity index (χ2v) is 11.5. The van der Waals surface area contributed by atoms with Gasteiger partial charge in [-0.1, -0.05) is 34.8 Å². The lowest BCUT2D eigenvalue weighted by Crippen LogP contribution is -2.24. The smallest absolute Gasteiger partial charge is 0.325 e. The number of aryl methyl sites for hydroxylation is 4. The Morgan fingerprint density at radius 2 is 1.07 bits per heavy atom. The Kier molecular flexibility index (Phi) is 9.31. The molecule has 0 saturated carbocycles. The van der Waals surface area contributed by atoms with E-state index in [1.807, 2.05) is 52.0 Å². The summed E-state index contributed by atoms with van der Waals surface area (Å²) < 4.78 is 20.0. The number of esters is 2. The number of hydrogen-bond donors (Lipinski definition) is 0. The number of amides is 2. The Hall–Kier alpha value is -3.94. The third kappa shape index (κ3) is 6.87. The van der Waals surface area contributed by atoms with Crippen molar-refractivity contribution >= 4 is 66.9 Å². The molecule has 41 heavy (non-hydrogen) atoms. The number of aromatic nitrogens is 2. The van der Waals surface area contributed by atoms with Crippen LogP contribution in [0.2, 0.25) is 0 Å². The molecule has 2 aromatic carbocycles. The van der Waals surface area contributed by atoms with Crippen molar-refractivity contribution in [3.63, 3.8) is 0 Å². The predicted molar refractivity (Wildman–Crippen MR) is 155 cm³/mol. The van der Waals surface area contributed by atoms with E-state index in [1.54, 1.807) is 9.13 Å². The van der Waals surface area contributed by atoms with E-state index in [1.165, 1.54) is 36.9 Å². The predicted octanol–water partition coefficient (Wildman–Crippen LogP) is 2.87. The fourth-order valence-corrected chi connectivity index (χ4v) is 6.98. The zero-order chi connectivity index (χ0) is 29.8. The number of rotatable bonds is 8. The molecule has 13 heteroatoms. The third-order valence-corrected chi connectivity index (χ3v) is 8.20. The average Bonchev–Trinajstić information content (AvgIpc) is 3.40. The van der Waals surface area contributed by atoms with Crippen molar-refractivity contribution in [2.24, 2.45) is 9.98 Å².